The van der Waals surface area contributed by atoms with Crippen molar-refractivity contribution in [3.05, 3.63) is 58.3 Å². The molecule has 0 heterocycles. The molecule has 0 atom stereocenters. The number of anilines is 2. The van der Waals surface area contributed by atoms with Crippen LogP contribution in [0.15, 0.2) is 42.5 Å². The molecule has 0 unspecified atom stereocenters. The van der Waals surface area contributed by atoms with Gasteiger partial charge < -0.3 is 10.2 Å². The number of rotatable bonds is 4. The van der Waals surface area contributed by atoms with Gasteiger partial charge in [-0.15, -0.1) is 0 Å². The molecule has 7 heteroatoms. The third kappa shape index (κ3) is 4.68. The summed E-state index contributed by atoms with van der Waals surface area (Å²) in [6.07, 6.45) is 0. The molecule has 0 bridgehead atoms. The maximum absolute atomic E-state index is 12.8. The normalized spacial score (nSPS) is 10.3. The highest BCUT2D eigenvalue weighted by atomic mass is 35.5. The van der Waals surface area contributed by atoms with E-state index in [9.17, 15) is 14.0 Å². The second kappa shape index (κ2) is 7.44. The van der Waals surface area contributed by atoms with Crippen molar-refractivity contribution >= 4 is 46.4 Å². The molecule has 2 aromatic rings. The van der Waals surface area contributed by atoms with Gasteiger partial charge in [-0.25, -0.2) is 4.39 Å². The molecule has 2 rings (SSSR count). The number of hydrogen-bond acceptors (Lipinski definition) is 2. The topological polar surface area (TPSA) is 49.4 Å². The molecule has 1 N–H and O–H groups in total. The minimum atomic E-state index is -0.433. The Morgan fingerprint density at radius 1 is 1.13 bits per heavy atom. The van der Waals surface area contributed by atoms with Crippen molar-refractivity contribution in [2.45, 2.75) is 6.92 Å². The highest BCUT2D eigenvalue weighted by molar-refractivity contribution is 6.36. The Morgan fingerprint density at radius 2 is 1.78 bits per heavy atom. The van der Waals surface area contributed by atoms with Gasteiger partial charge in [-0.2, -0.15) is 0 Å². The first-order chi connectivity index (χ1) is 10.9. The van der Waals surface area contributed by atoms with Gasteiger partial charge in [-0.1, -0.05) is 23.2 Å². The third-order valence-corrected chi connectivity index (χ3v) is 3.55. The van der Waals surface area contributed by atoms with Crippen LogP contribution in [0.2, 0.25) is 10.0 Å². The summed E-state index contributed by atoms with van der Waals surface area (Å²) in [5.41, 5.74) is 0.819. The van der Waals surface area contributed by atoms with Crippen LogP contribution in [-0.2, 0) is 9.59 Å². The van der Waals surface area contributed by atoms with E-state index in [-0.39, 0.29) is 17.5 Å². The predicted octanol–water partition coefficient (Wildman–Crippen LogP) is 4.12. The Kier molecular flexibility index (Phi) is 5.58. The lowest BCUT2D eigenvalue weighted by Gasteiger charge is -2.22. The number of halogens is 3. The van der Waals surface area contributed by atoms with Crippen LogP contribution in [0.4, 0.5) is 15.8 Å². The molecular weight excluding hydrogens is 342 g/mol. The van der Waals surface area contributed by atoms with E-state index in [1.54, 1.807) is 12.1 Å². The number of amides is 2. The summed E-state index contributed by atoms with van der Waals surface area (Å²) in [4.78, 5) is 25.1. The van der Waals surface area contributed by atoms with Gasteiger partial charge >= 0.3 is 0 Å². The first-order valence-corrected chi connectivity index (χ1v) is 7.41. The molecule has 120 valence electrons. The minimum absolute atomic E-state index is 0.228. The smallest absolute Gasteiger partial charge is 0.244 e. The van der Waals surface area contributed by atoms with Gasteiger partial charge in [0.2, 0.25) is 11.8 Å². The molecule has 0 aliphatic rings. The van der Waals surface area contributed by atoms with Gasteiger partial charge in [0.25, 0.3) is 0 Å². The Bertz CT molecular complexity index is 735. The summed E-state index contributed by atoms with van der Waals surface area (Å²) in [5.74, 6) is -1.18. The van der Waals surface area contributed by atoms with Crippen molar-refractivity contribution in [1.29, 1.82) is 0 Å². The first kappa shape index (κ1) is 17.2. The molecule has 0 radical (unpaired) electrons. The quantitative estimate of drug-likeness (QED) is 0.897. The molecule has 0 saturated heterocycles. The van der Waals surface area contributed by atoms with E-state index in [4.69, 9.17) is 23.2 Å². The number of nitrogens with one attached hydrogen (secondary N) is 1. The summed E-state index contributed by atoms with van der Waals surface area (Å²) in [6, 6.07) is 9.96. The van der Waals surface area contributed by atoms with Crippen molar-refractivity contribution < 1.29 is 14.0 Å². The molecule has 0 aliphatic heterocycles. The zero-order valence-electron chi connectivity index (χ0n) is 12.1. The molecular formula is C16H13Cl2FN2O2. The average Bonchev–Trinajstić information content (AvgIpc) is 2.48. The summed E-state index contributed by atoms with van der Waals surface area (Å²) in [5, 5.41) is 3.28. The van der Waals surface area contributed by atoms with Crippen molar-refractivity contribution in [3.63, 3.8) is 0 Å². The highest BCUT2D eigenvalue weighted by Crippen LogP contribution is 2.29. The van der Waals surface area contributed by atoms with E-state index in [1.165, 1.54) is 42.2 Å². The lowest BCUT2D eigenvalue weighted by Crippen LogP contribution is -2.36. The SMILES string of the molecule is CC(=O)N(CC(=O)Nc1ccc(F)cc1)c1ccc(Cl)cc1Cl. The highest BCUT2D eigenvalue weighted by Gasteiger charge is 2.18. The van der Waals surface area contributed by atoms with Crippen molar-refractivity contribution in [2.24, 2.45) is 0 Å². The molecule has 0 aliphatic carbocycles. The Balaban J connectivity index is 2.14. The number of nitrogens with zero attached hydrogens (tertiary/aromatic N) is 1. The maximum atomic E-state index is 12.8. The number of hydrogen-bond donors (Lipinski definition) is 1. The van der Waals surface area contributed by atoms with Crippen molar-refractivity contribution in [2.75, 3.05) is 16.8 Å². The van der Waals surface area contributed by atoms with E-state index in [2.05, 4.69) is 5.32 Å². The summed E-state index contributed by atoms with van der Waals surface area (Å²) in [6.45, 7) is 1.10. The molecule has 2 amide bonds. The molecule has 0 fully saturated rings. The van der Waals surface area contributed by atoms with Crippen LogP contribution in [0.5, 0.6) is 0 Å². The molecule has 0 spiro atoms. The van der Waals surface area contributed by atoms with Crippen molar-refractivity contribution in [1.82, 2.24) is 0 Å². The fourth-order valence-corrected chi connectivity index (χ4v) is 2.45. The standard InChI is InChI=1S/C16H13Cl2FN2O2/c1-10(22)21(15-7-2-11(17)8-14(15)18)9-16(23)20-13-5-3-12(19)4-6-13/h2-8H,9H2,1H3,(H,20,23). The van der Waals surface area contributed by atoms with E-state index < -0.39 is 11.7 Å². The Labute approximate surface area is 142 Å². The van der Waals surface area contributed by atoms with Crippen LogP contribution in [0.3, 0.4) is 0 Å². The first-order valence-electron chi connectivity index (χ1n) is 6.65. The summed E-state index contributed by atoms with van der Waals surface area (Å²) >= 11 is 11.9. The van der Waals surface area contributed by atoms with Crippen LogP contribution in [0.1, 0.15) is 6.92 Å². The fraction of sp³-hybridized carbons (Fsp3) is 0.125. The summed E-state index contributed by atoms with van der Waals surface area (Å²) < 4.78 is 12.8. The van der Waals surface area contributed by atoms with Crippen LogP contribution < -0.4 is 10.2 Å². The number of benzene rings is 2. The third-order valence-electron chi connectivity index (χ3n) is 3.01. The summed E-state index contributed by atoms with van der Waals surface area (Å²) in [7, 11) is 0. The van der Waals surface area contributed by atoms with Gasteiger partial charge in [-0.3, -0.25) is 9.59 Å². The van der Waals surface area contributed by atoms with Gasteiger partial charge in [0.15, 0.2) is 0 Å². The van der Waals surface area contributed by atoms with Crippen LogP contribution >= 0.6 is 23.2 Å². The second-order valence-electron chi connectivity index (χ2n) is 4.76. The molecule has 2 aromatic carbocycles. The van der Waals surface area contributed by atoms with Crippen LogP contribution in [0, 0.1) is 5.82 Å². The molecule has 4 nitrogen and oxygen atoms in total. The van der Waals surface area contributed by atoms with E-state index in [1.807, 2.05) is 0 Å². The fourth-order valence-electron chi connectivity index (χ4n) is 1.94. The second-order valence-corrected chi connectivity index (χ2v) is 5.60. The molecule has 23 heavy (non-hydrogen) atoms. The van der Waals surface area contributed by atoms with Crippen LogP contribution in [0.25, 0.3) is 0 Å². The van der Waals surface area contributed by atoms with Crippen molar-refractivity contribution in [3.8, 4) is 0 Å². The molecule has 0 aromatic heterocycles. The van der Waals surface area contributed by atoms with Gasteiger partial charge in [-0.05, 0) is 42.5 Å². The van der Waals surface area contributed by atoms with E-state index >= 15 is 0 Å². The minimum Gasteiger partial charge on any atom is -0.325 e. The average molecular weight is 355 g/mol. The van der Waals surface area contributed by atoms with E-state index in [0.717, 1.165) is 0 Å². The lowest BCUT2D eigenvalue weighted by molar-refractivity contribution is -0.120. The monoisotopic (exact) mass is 354 g/mol. The lowest BCUT2D eigenvalue weighted by atomic mass is 10.2. The Morgan fingerprint density at radius 3 is 2.35 bits per heavy atom. The molecule has 0 saturated carbocycles. The zero-order valence-corrected chi connectivity index (χ0v) is 13.7. The Hall–Kier alpha value is -2.11. The number of carbonyl (C=O) groups is 2. The zero-order chi connectivity index (χ0) is 17.0. The van der Waals surface area contributed by atoms with Gasteiger partial charge in [0.05, 0.1) is 10.7 Å². The van der Waals surface area contributed by atoms with Gasteiger partial charge in [0.1, 0.15) is 12.4 Å². The predicted molar refractivity (Wildman–Crippen MR) is 89.5 cm³/mol. The maximum Gasteiger partial charge on any atom is 0.244 e. The number of carbonyl (C=O) groups excluding carboxylic acids is 2. The van der Waals surface area contributed by atoms with Gasteiger partial charge in [0, 0.05) is 17.6 Å². The largest absolute Gasteiger partial charge is 0.325 e. The van der Waals surface area contributed by atoms with E-state index in [0.29, 0.717) is 16.4 Å². The van der Waals surface area contributed by atoms with Crippen LogP contribution in [-0.4, -0.2) is 18.4 Å².